The van der Waals surface area contributed by atoms with Crippen LogP contribution >= 0.6 is 0 Å². The SMILES string of the molecule is CN=C(NCCc1cccc(C(=O)N(C)C)c1)NC(C)CCCC(C)C. The van der Waals surface area contributed by atoms with E-state index in [1.807, 2.05) is 18.2 Å². The van der Waals surface area contributed by atoms with Crippen molar-refractivity contribution in [2.24, 2.45) is 10.9 Å². The summed E-state index contributed by atoms with van der Waals surface area (Å²) in [6, 6.07) is 8.23. The minimum absolute atomic E-state index is 0.0347. The normalized spacial score (nSPS) is 12.8. The Morgan fingerprint density at radius 1 is 1.19 bits per heavy atom. The van der Waals surface area contributed by atoms with E-state index in [9.17, 15) is 4.79 Å². The number of rotatable bonds is 9. The third-order valence-corrected chi connectivity index (χ3v) is 4.31. The molecule has 1 unspecified atom stereocenters. The second kappa shape index (κ2) is 11.6. The maximum Gasteiger partial charge on any atom is 0.253 e. The van der Waals surface area contributed by atoms with Crippen LogP contribution < -0.4 is 10.6 Å². The summed E-state index contributed by atoms with van der Waals surface area (Å²) in [5.74, 6) is 1.63. The molecule has 5 heteroatoms. The summed E-state index contributed by atoms with van der Waals surface area (Å²) in [7, 11) is 5.34. The van der Waals surface area contributed by atoms with Crippen molar-refractivity contribution in [1.82, 2.24) is 15.5 Å². The Morgan fingerprint density at radius 3 is 2.54 bits per heavy atom. The fourth-order valence-electron chi connectivity index (χ4n) is 2.78. The molecule has 1 atom stereocenters. The van der Waals surface area contributed by atoms with Gasteiger partial charge >= 0.3 is 0 Å². The highest BCUT2D eigenvalue weighted by Gasteiger charge is 2.09. The monoisotopic (exact) mass is 360 g/mol. The molecule has 146 valence electrons. The molecule has 26 heavy (non-hydrogen) atoms. The maximum atomic E-state index is 12.1. The number of nitrogens with one attached hydrogen (secondary N) is 2. The van der Waals surface area contributed by atoms with Gasteiger partial charge in [-0.1, -0.05) is 38.8 Å². The van der Waals surface area contributed by atoms with E-state index in [0.717, 1.165) is 42.4 Å². The number of nitrogens with zero attached hydrogens (tertiary/aromatic N) is 2. The van der Waals surface area contributed by atoms with E-state index in [4.69, 9.17) is 0 Å². The van der Waals surface area contributed by atoms with Gasteiger partial charge in [0.25, 0.3) is 5.91 Å². The molecular formula is C21H36N4O. The molecule has 0 fully saturated rings. The zero-order chi connectivity index (χ0) is 19.5. The predicted molar refractivity (Wildman–Crippen MR) is 111 cm³/mol. The lowest BCUT2D eigenvalue weighted by atomic mass is 10.0. The molecule has 0 spiro atoms. The molecule has 0 radical (unpaired) electrons. The Morgan fingerprint density at radius 2 is 1.92 bits per heavy atom. The highest BCUT2D eigenvalue weighted by molar-refractivity contribution is 5.94. The van der Waals surface area contributed by atoms with Gasteiger partial charge in [0.05, 0.1) is 0 Å². The van der Waals surface area contributed by atoms with Crippen LogP contribution in [-0.4, -0.2) is 50.5 Å². The minimum atomic E-state index is 0.0347. The van der Waals surface area contributed by atoms with Crippen LogP contribution in [0.5, 0.6) is 0 Å². The smallest absolute Gasteiger partial charge is 0.253 e. The van der Waals surface area contributed by atoms with Crippen molar-refractivity contribution in [2.75, 3.05) is 27.7 Å². The van der Waals surface area contributed by atoms with E-state index in [1.165, 1.54) is 12.8 Å². The summed E-state index contributed by atoms with van der Waals surface area (Å²) >= 11 is 0. The Hall–Kier alpha value is -2.04. The van der Waals surface area contributed by atoms with E-state index in [-0.39, 0.29) is 5.91 Å². The Kier molecular flexibility index (Phi) is 9.78. The highest BCUT2D eigenvalue weighted by Crippen LogP contribution is 2.09. The zero-order valence-electron chi connectivity index (χ0n) is 17.3. The van der Waals surface area contributed by atoms with Gasteiger partial charge in [0.15, 0.2) is 5.96 Å². The van der Waals surface area contributed by atoms with Gasteiger partial charge in [-0.05, 0) is 43.4 Å². The zero-order valence-corrected chi connectivity index (χ0v) is 17.3. The van der Waals surface area contributed by atoms with Crippen LogP contribution in [0.25, 0.3) is 0 Å². The number of benzene rings is 1. The maximum absolute atomic E-state index is 12.1. The molecular weight excluding hydrogens is 324 g/mol. The lowest BCUT2D eigenvalue weighted by Gasteiger charge is -2.18. The summed E-state index contributed by atoms with van der Waals surface area (Å²) in [4.78, 5) is 18.0. The van der Waals surface area contributed by atoms with Crippen molar-refractivity contribution in [3.8, 4) is 0 Å². The van der Waals surface area contributed by atoms with Gasteiger partial charge in [-0.25, -0.2) is 0 Å². The number of hydrogen-bond acceptors (Lipinski definition) is 2. The number of hydrogen-bond donors (Lipinski definition) is 2. The van der Waals surface area contributed by atoms with Crippen LogP contribution in [0.3, 0.4) is 0 Å². The first-order chi connectivity index (χ1) is 12.3. The van der Waals surface area contributed by atoms with Crippen molar-refractivity contribution < 1.29 is 4.79 Å². The van der Waals surface area contributed by atoms with E-state index in [2.05, 4.69) is 42.5 Å². The topological polar surface area (TPSA) is 56.7 Å². The van der Waals surface area contributed by atoms with Crippen molar-refractivity contribution in [3.05, 3.63) is 35.4 Å². The molecule has 1 aromatic rings. The number of carbonyl (C=O) groups is 1. The first kappa shape index (κ1) is 22.0. The minimum Gasteiger partial charge on any atom is -0.356 e. The largest absolute Gasteiger partial charge is 0.356 e. The molecule has 0 heterocycles. The van der Waals surface area contributed by atoms with Gasteiger partial charge in [0.1, 0.15) is 0 Å². The summed E-state index contributed by atoms with van der Waals surface area (Å²) in [6.07, 6.45) is 4.49. The van der Waals surface area contributed by atoms with Crippen molar-refractivity contribution in [2.45, 2.75) is 52.5 Å². The summed E-state index contributed by atoms with van der Waals surface area (Å²) in [5.41, 5.74) is 1.87. The molecule has 0 aromatic heterocycles. The Bertz CT molecular complexity index is 581. The molecule has 2 N–H and O–H groups in total. The molecule has 0 saturated heterocycles. The van der Waals surface area contributed by atoms with Crippen LogP contribution in [0, 0.1) is 5.92 Å². The predicted octanol–water partition coefficient (Wildman–Crippen LogP) is 3.31. The molecule has 1 amide bonds. The Balaban J connectivity index is 2.43. The van der Waals surface area contributed by atoms with Crippen LogP contribution in [0.4, 0.5) is 0 Å². The average Bonchev–Trinajstić information content (AvgIpc) is 2.60. The third-order valence-electron chi connectivity index (χ3n) is 4.31. The second-order valence-corrected chi connectivity index (χ2v) is 7.52. The number of aliphatic imine (C=N–C) groups is 1. The fourth-order valence-corrected chi connectivity index (χ4v) is 2.78. The highest BCUT2D eigenvalue weighted by atomic mass is 16.2. The van der Waals surface area contributed by atoms with Crippen molar-refractivity contribution in [3.63, 3.8) is 0 Å². The summed E-state index contributed by atoms with van der Waals surface area (Å²) in [5, 5.41) is 6.81. The standard InChI is InChI=1S/C21H36N4O/c1-16(2)9-7-10-17(3)24-21(22-4)23-14-13-18-11-8-12-19(15-18)20(26)25(5)6/h8,11-12,15-17H,7,9-10,13-14H2,1-6H3,(H2,22,23,24). The quantitative estimate of drug-likeness (QED) is 0.525. The van der Waals surface area contributed by atoms with E-state index >= 15 is 0 Å². The Labute approximate surface area is 159 Å². The van der Waals surface area contributed by atoms with E-state index < -0.39 is 0 Å². The molecule has 0 bridgehead atoms. The van der Waals surface area contributed by atoms with Crippen LogP contribution in [0.2, 0.25) is 0 Å². The molecule has 1 rings (SSSR count). The van der Waals surface area contributed by atoms with Crippen LogP contribution in [-0.2, 0) is 6.42 Å². The summed E-state index contributed by atoms with van der Waals surface area (Å²) < 4.78 is 0. The molecule has 0 saturated carbocycles. The van der Waals surface area contributed by atoms with Gasteiger partial charge < -0.3 is 15.5 Å². The molecule has 5 nitrogen and oxygen atoms in total. The van der Waals surface area contributed by atoms with E-state index in [1.54, 1.807) is 26.0 Å². The van der Waals surface area contributed by atoms with Gasteiger partial charge in [0.2, 0.25) is 0 Å². The number of amides is 1. The fraction of sp³-hybridized carbons (Fsp3) is 0.619. The molecule has 0 aliphatic rings. The number of guanidine groups is 1. The van der Waals surface area contributed by atoms with Crippen LogP contribution in [0.1, 0.15) is 56.0 Å². The average molecular weight is 361 g/mol. The lowest BCUT2D eigenvalue weighted by molar-refractivity contribution is 0.0827. The number of carbonyl (C=O) groups excluding carboxylic acids is 1. The molecule has 1 aromatic carbocycles. The first-order valence-electron chi connectivity index (χ1n) is 9.61. The van der Waals surface area contributed by atoms with Gasteiger partial charge in [-0.2, -0.15) is 0 Å². The van der Waals surface area contributed by atoms with Crippen molar-refractivity contribution in [1.29, 1.82) is 0 Å². The second-order valence-electron chi connectivity index (χ2n) is 7.52. The summed E-state index contributed by atoms with van der Waals surface area (Å²) in [6.45, 7) is 7.50. The van der Waals surface area contributed by atoms with Gasteiger partial charge in [0, 0.05) is 39.3 Å². The molecule has 0 aliphatic carbocycles. The van der Waals surface area contributed by atoms with Crippen molar-refractivity contribution >= 4 is 11.9 Å². The third kappa shape index (κ3) is 8.37. The van der Waals surface area contributed by atoms with Crippen LogP contribution in [0.15, 0.2) is 29.3 Å². The lowest BCUT2D eigenvalue weighted by Crippen LogP contribution is -2.42. The van der Waals surface area contributed by atoms with Gasteiger partial charge in [-0.3, -0.25) is 9.79 Å². The first-order valence-corrected chi connectivity index (χ1v) is 9.61. The molecule has 0 aliphatic heterocycles. The van der Waals surface area contributed by atoms with Gasteiger partial charge in [-0.15, -0.1) is 0 Å². The van der Waals surface area contributed by atoms with E-state index in [0.29, 0.717) is 6.04 Å².